The van der Waals surface area contributed by atoms with Crippen molar-refractivity contribution in [3.63, 3.8) is 0 Å². The Morgan fingerprint density at radius 1 is 0.404 bits per heavy atom. The minimum atomic E-state index is -0.412. The molecule has 3 aliphatic rings. The van der Waals surface area contributed by atoms with Crippen LogP contribution < -0.4 is 4.90 Å². The van der Waals surface area contributed by atoms with Crippen molar-refractivity contribution < 1.29 is 4.42 Å². The second-order valence-electron chi connectivity index (χ2n) is 15.5. The zero-order chi connectivity index (χ0) is 37.5. The molecular weight excluding hydrogens is 691 g/mol. The maximum Gasteiger partial charge on any atom is 0.135 e. The number of hydrogen-bond donors (Lipinski definition) is 0. The van der Waals surface area contributed by atoms with Crippen molar-refractivity contribution in [2.75, 3.05) is 4.90 Å². The maximum atomic E-state index is 6.15. The molecule has 268 valence electrons. The number of hydrogen-bond acceptors (Lipinski definition) is 2. The Kier molecular flexibility index (Phi) is 7.00. The number of rotatable bonds is 5. The minimum absolute atomic E-state index is 0.412. The average Bonchev–Trinajstić information content (AvgIpc) is 3.91. The molecule has 57 heavy (non-hydrogen) atoms. The molecule has 0 fully saturated rings. The predicted molar refractivity (Wildman–Crippen MR) is 236 cm³/mol. The average molecular weight is 728 g/mol. The number of fused-ring (bicyclic) bond motifs is 13. The Hall–Kier alpha value is -7.16. The summed E-state index contributed by atoms with van der Waals surface area (Å²) in [5.74, 6) is 0. The summed E-state index contributed by atoms with van der Waals surface area (Å²) in [6.45, 7) is 0. The highest BCUT2D eigenvalue weighted by Crippen LogP contribution is 2.63. The quantitative estimate of drug-likeness (QED) is 0.175. The lowest BCUT2D eigenvalue weighted by molar-refractivity contribution is 0.669. The SMILES string of the molecule is C1=CC(c2ccc(N(c3ccc(-c4ccc5oc6ccccc6c5c4)cc3)c3ccc4c(c3)C3(c5ccccc5-c5ccccc53)c3ccccc3-4)cc2)=CCC1. The lowest BCUT2D eigenvalue weighted by Gasteiger charge is -2.32. The molecular formula is C55H37NO. The van der Waals surface area contributed by atoms with E-state index in [1.54, 1.807) is 0 Å². The standard InChI is InChI=1S/C55H37NO/c1-2-12-36(13-3-1)37-22-27-40(28-23-37)56(41-29-24-38(25-30-41)39-26-33-54-48(34-39)47-17-7-11-21-53(47)57-54)42-31-32-46-45-16-6-10-20-51(45)55(52(46)35-42)49-18-8-4-14-43(49)44-15-5-9-19-50(44)55/h2,4-35H,1,3H2. The maximum absolute atomic E-state index is 6.15. The molecule has 0 radical (unpaired) electrons. The normalized spacial score (nSPS) is 14.4. The summed E-state index contributed by atoms with van der Waals surface area (Å²) in [4.78, 5) is 2.43. The molecule has 8 aromatic carbocycles. The van der Waals surface area contributed by atoms with Crippen LogP contribution in [0.3, 0.4) is 0 Å². The zero-order valence-electron chi connectivity index (χ0n) is 31.3. The van der Waals surface area contributed by atoms with Gasteiger partial charge in [-0.25, -0.2) is 0 Å². The highest BCUT2D eigenvalue weighted by atomic mass is 16.3. The molecule has 0 bridgehead atoms. The molecule has 1 spiro atoms. The van der Waals surface area contributed by atoms with Crippen LogP contribution in [0.1, 0.15) is 40.7 Å². The van der Waals surface area contributed by atoms with Gasteiger partial charge in [-0.2, -0.15) is 0 Å². The summed E-state index contributed by atoms with van der Waals surface area (Å²) in [6.07, 6.45) is 9.08. The summed E-state index contributed by atoms with van der Waals surface area (Å²) in [6, 6.07) is 67.2. The molecule has 0 amide bonds. The topological polar surface area (TPSA) is 16.4 Å². The van der Waals surface area contributed by atoms with E-state index < -0.39 is 5.41 Å². The number of nitrogens with zero attached hydrogens (tertiary/aromatic N) is 1. The van der Waals surface area contributed by atoms with Gasteiger partial charge in [0.1, 0.15) is 11.2 Å². The fourth-order valence-electron chi connectivity index (χ4n) is 10.0. The summed E-state index contributed by atoms with van der Waals surface area (Å²) in [5, 5.41) is 2.28. The Labute approximate surface area is 332 Å². The van der Waals surface area contributed by atoms with Gasteiger partial charge in [-0.05, 0) is 134 Å². The van der Waals surface area contributed by atoms with E-state index in [1.165, 1.54) is 66.8 Å². The third-order valence-corrected chi connectivity index (χ3v) is 12.5. The molecule has 0 N–H and O–H groups in total. The van der Waals surface area contributed by atoms with E-state index in [1.807, 2.05) is 12.1 Å². The van der Waals surface area contributed by atoms with Crippen LogP contribution in [-0.4, -0.2) is 0 Å². The van der Waals surface area contributed by atoms with Gasteiger partial charge in [-0.15, -0.1) is 0 Å². The van der Waals surface area contributed by atoms with Gasteiger partial charge >= 0.3 is 0 Å². The van der Waals surface area contributed by atoms with E-state index in [9.17, 15) is 0 Å². The van der Waals surface area contributed by atoms with E-state index >= 15 is 0 Å². The van der Waals surface area contributed by atoms with Crippen molar-refractivity contribution in [2.45, 2.75) is 18.3 Å². The number of furan rings is 1. The first kappa shape index (κ1) is 32.1. The predicted octanol–water partition coefficient (Wildman–Crippen LogP) is 14.8. The molecule has 0 atom stereocenters. The second kappa shape index (κ2) is 12.4. The van der Waals surface area contributed by atoms with E-state index in [0.717, 1.165) is 51.8 Å². The third kappa shape index (κ3) is 4.71. The van der Waals surface area contributed by atoms with Crippen LogP contribution in [0.2, 0.25) is 0 Å². The van der Waals surface area contributed by atoms with E-state index in [2.05, 4.69) is 193 Å². The summed E-state index contributed by atoms with van der Waals surface area (Å²) in [5.41, 5.74) is 20.3. The van der Waals surface area contributed by atoms with E-state index in [-0.39, 0.29) is 0 Å². The molecule has 0 unspecified atom stereocenters. The van der Waals surface area contributed by atoms with Crippen molar-refractivity contribution in [3.05, 3.63) is 228 Å². The Bertz CT molecular complexity index is 3060. The molecule has 2 heteroatoms. The van der Waals surface area contributed by atoms with Crippen molar-refractivity contribution in [1.82, 2.24) is 0 Å². The molecule has 12 rings (SSSR count). The van der Waals surface area contributed by atoms with Gasteiger partial charge in [-0.3, -0.25) is 0 Å². The summed E-state index contributed by atoms with van der Waals surface area (Å²) < 4.78 is 6.15. The van der Waals surface area contributed by atoms with Crippen molar-refractivity contribution in [3.8, 4) is 33.4 Å². The number of anilines is 3. The summed E-state index contributed by atoms with van der Waals surface area (Å²) >= 11 is 0. The van der Waals surface area contributed by atoms with Gasteiger partial charge in [0.05, 0.1) is 5.41 Å². The molecule has 1 heterocycles. The molecule has 0 saturated carbocycles. The van der Waals surface area contributed by atoms with E-state index in [4.69, 9.17) is 4.42 Å². The van der Waals surface area contributed by atoms with Gasteiger partial charge < -0.3 is 9.32 Å². The van der Waals surface area contributed by atoms with Crippen molar-refractivity contribution in [2.24, 2.45) is 0 Å². The van der Waals surface area contributed by atoms with Gasteiger partial charge in [0.2, 0.25) is 0 Å². The minimum Gasteiger partial charge on any atom is -0.456 e. The number of benzene rings is 8. The zero-order valence-corrected chi connectivity index (χ0v) is 31.3. The van der Waals surface area contributed by atoms with Crippen LogP contribution in [0.15, 0.2) is 205 Å². The fourth-order valence-corrected chi connectivity index (χ4v) is 10.0. The monoisotopic (exact) mass is 727 g/mol. The highest BCUT2D eigenvalue weighted by molar-refractivity contribution is 6.06. The van der Waals surface area contributed by atoms with Crippen molar-refractivity contribution in [1.29, 1.82) is 0 Å². The number of para-hydroxylation sites is 1. The Balaban J connectivity index is 1.03. The first-order valence-electron chi connectivity index (χ1n) is 20.0. The lowest BCUT2D eigenvalue weighted by atomic mass is 9.70. The molecule has 0 aliphatic heterocycles. The Morgan fingerprint density at radius 2 is 0.947 bits per heavy atom. The van der Waals surface area contributed by atoms with Crippen LogP contribution in [-0.2, 0) is 5.41 Å². The van der Waals surface area contributed by atoms with Gasteiger partial charge in [0, 0.05) is 27.8 Å². The van der Waals surface area contributed by atoms with Gasteiger partial charge in [-0.1, -0.05) is 146 Å². The summed E-state index contributed by atoms with van der Waals surface area (Å²) in [7, 11) is 0. The smallest absolute Gasteiger partial charge is 0.135 e. The molecule has 9 aromatic rings. The van der Waals surface area contributed by atoms with Crippen LogP contribution in [0.5, 0.6) is 0 Å². The fraction of sp³-hybridized carbons (Fsp3) is 0.0545. The third-order valence-electron chi connectivity index (χ3n) is 12.5. The second-order valence-corrected chi connectivity index (χ2v) is 15.5. The highest BCUT2D eigenvalue weighted by Gasteiger charge is 2.51. The van der Waals surface area contributed by atoms with Gasteiger partial charge in [0.15, 0.2) is 0 Å². The molecule has 3 aliphatic carbocycles. The largest absolute Gasteiger partial charge is 0.456 e. The first-order valence-corrected chi connectivity index (χ1v) is 20.0. The first-order chi connectivity index (χ1) is 28.3. The molecule has 0 saturated heterocycles. The van der Waals surface area contributed by atoms with Crippen LogP contribution in [0.4, 0.5) is 17.1 Å². The van der Waals surface area contributed by atoms with Crippen LogP contribution >= 0.6 is 0 Å². The van der Waals surface area contributed by atoms with Crippen LogP contribution in [0, 0.1) is 0 Å². The van der Waals surface area contributed by atoms with Gasteiger partial charge in [0.25, 0.3) is 0 Å². The van der Waals surface area contributed by atoms with Crippen LogP contribution in [0.25, 0.3) is 60.9 Å². The molecule has 2 nitrogen and oxygen atoms in total. The number of allylic oxidation sites excluding steroid dienone is 4. The van der Waals surface area contributed by atoms with Crippen molar-refractivity contribution >= 4 is 44.6 Å². The lowest BCUT2D eigenvalue weighted by Crippen LogP contribution is -2.26. The Morgan fingerprint density at radius 3 is 1.60 bits per heavy atom. The van der Waals surface area contributed by atoms with E-state index in [0.29, 0.717) is 0 Å². The molecule has 1 aromatic heterocycles.